The van der Waals surface area contributed by atoms with Crippen molar-refractivity contribution in [3.05, 3.63) is 53.5 Å². The summed E-state index contributed by atoms with van der Waals surface area (Å²) in [6.07, 6.45) is 2.57. The molecule has 8 heteroatoms. The lowest BCUT2D eigenvalue weighted by molar-refractivity contribution is 0.314. The van der Waals surface area contributed by atoms with Gasteiger partial charge in [0.1, 0.15) is 11.6 Å². The molecule has 2 heterocycles. The molecule has 1 aromatic carbocycles. The van der Waals surface area contributed by atoms with E-state index in [1.54, 1.807) is 6.26 Å². The minimum Gasteiger partial charge on any atom is -0.493 e. The predicted molar refractivity (Wildman–Crippen MR) is 113 cm³/mol. The van der Waals surface area contributed by atoms with E-state index in [1.165, 1.54) is 5.56 Å². The lowest BCUT2D eigenvalue weighted by Crippen LogP contribution is -2.37. The van der Waals surface area contributed by atoms with Gasteiger partial charge in [-0.15, -0.1) is 5.10 Å². The third-order valence-electron chi connectivity index (χ3n) is 4.13. The van der Waals surface area contributed by atoms with Crippen LogP contribution in [0.3, 0.4) is 0 Å². The van der Waals surface area contributed by atoms with Crippen molar-refractivity contribution in [3.63, 3.8) is 0 Å². The molecule has 0 saturated heterocycles. The van der Waals surface area contributed by atoms with Gasteiger partial charge in [0.25, 0.3) is 0 Å². The highest BCUT2D eigenvalue weighted by molar-refractivity contribution is 5.79. The second-order valence-electron chi connectivity index (χ2n) is 6.59. The van der Waals surface area contributed by atoms with Crippen LogP contribution in [0.5, 0.6) is 5.75 Å². The van der Waals surface area contributed by atoms with E-state index >= 15 is 0 Å². The largest absolute Gasteiger partial charge is 0.493 e. The van der Waals surface area contributed by atoms with Gasteiger partial charge in [-0.3, -0.25) is 5.10 Å². The Morgan fingerprint density at radius 3 is 2.90 bits per heavy atom. The highest BCUT2D eigenvalue weighted by Gasteiger charge is 2.09. The second-order valence-corrected chi connectivity index (χ2v) is 6.59. The molecule has 0 bridgehead atoms. The Kier molecular flexibility index (Phi) is 7.27. The highest BCUT2D eigenvalue weighted by atomic mass is 16.5. The van der Waals surface area contributed by atoms with E-state index in [-0.39, 0.29) is 0 Å². The monoisotopic (exact) mass is 396 g/mol. The van der Waals surface area contributed by atoms with Crippen molar-refractivity contribution in [2.45, 2.75) is 40.3 Å². The summed E-state index contributed by atoms with van der Waals surface area (Å²) >= 11 is 0. The van der Waals surface area contributed by atoms with Crippen molar-refractivity contribution in [2.24, 2.45) is 4.99 Å². The first kappa shape index (κ1) is 20.4. The summed E-state index contributed by atoms with van der Waals surface area (Å²) in [5.74, 6) is 3.46. The average molecular weight is 396 g/mol. The number of H-pyrrole nitrogens is 1. The van der Waals surface area contributed by atoms with Gasteiger partial charge in [-0.2, -0.15) is 0 Å². The van der Waals surface area contributed by atoms with Crippen molar-refractivity contribution < 1.29 is 9.15 Å². The number of guanidine groups is 1. The minimum absolute atomic E-state index is 0.465. The van der Waals surface area contributed by atoms with Crippen LogP contribution < -0.4 is 15.4 Å². The van der Waals surface area contributed by atoms with Gasteiger partial charge < -0.3 is 19.8 Å². The molecule has 3 rings (SSSR count). The number of aromatic nitrogens is 3. The summed E-state index contributed by atoms with van der Waals surface area (Å²) < 4.78 is 11.2. The third-order valence-corrected chi connectivity index (χ3v) is 4.13. The number of aliphatic imine (C=N–C) groups is 1. The van der Waals surface area contributed by atoms with Gasteiger partial charge in [0.05, 0.1) is 26.0 Å². The van der Waals surface area contributed by atoms with Crippen LogP contribution in [0.2, 0.25) is 0 Å². The number of furan rings is 1. The van der Waals surface area contributed by atoms with Gasteiger partial charge in [0.15, 0.2) is 11.7 Å². The number of rotatable bonds is 9. The van der Waals surface area contributed by atoms with E-state index in [1.807, 2.05) is 19.1 Å². The summed E-state index contributed by atoms with van der Waals surface area (Å²) in [5, 5.41) is 13.6. The van der Waals surface area contributed by atoms with Crippen molar-refractivity contribution in [2.75, 3.05) is 13.2 Å². The van der Waals surface area contributed by atoms with Gasteiger partial charge in [0, 0.05) is 12.1 Å². The molecule has 0 aliphatic carbocycles. The molecule has 0 aliphatic heterocycles. The predicted octanol–water partition coefficient (Wildman–Crippen LogP) is 3.42. The average Bonchev–Trinajstić information content (AvgIpc) is 3.41. The van der Waals surface area contributed by atoms with Gasteiger partial charge >= 0.3 is 0 Å². The van der Waals surface area contributed by atoms with Crippen molar-refractivity contribution in [1.29, 1.82) is 0 Å². The number of nitrogens with one attached hydrogen (secondary N) is 3. The van der Waals surface area contributed by atoms with Gasteiger partial charge in [-0.05, 0) is 44.0 Å². The normalized spacial score (nSPS) is 11.5. The molecule has 0 unspecified atom stereocenters. The zero-order valence-electron chi connectivity index (χ0n) is 17.2. The number of hydrogen-bond donors (Lipinski definition) is 3. The third kappa shape index (κ3) is 5.84. The fourth-order valence-electron chi connectivity index (χ4n) is 2.70. The topological polar surface area (TPSA) is 100 Å². The van der Waals surface area contributed by atoms with E-state index in [2.05, 4.69) is 62.9 Å². The number of benzene rings is 1. The fraction of sp³-hybridized carbons (Fsp3) is 0.381. The smallest absolute Gasteiger partial charge is 0.216 e. The van der Waals surface area contributed by atoms with Crippen LogP contribution in [0.25, 0.3) is 11.6 Å². The fourth-order valence-corrected chi connectivity index (χ4v) is 2.70. The number of aromatic amines is 1. The van der Waals surface area contributed by atoms with E-state index < -0.39 is 0 Å². The summed E-state index contributed by atoms with van der Waals surface area (Å²) in [6.45, 7) is 8.63. The Labute approximate surface area is 170 Å². The molecular formula is C21H28N6O2. The van der Waals surface area contributed by atoms with E-state index in [0.29, 0.717) is 43.1 Å². The zero-order chi connectivity index (χ0) is 20.5. The van der Waals surface area contributed by atoms with Crippen LogP contribution in [0, 0.1) is 6.92 Å². The van der Waals surface area contributed by atoms with Crippen molar-refractivity contribution in [1.82, 2.24) is 25.8 Å². The minimum atomic E-state index is 0.465. The molecule has 0 radical (unpaired) electrons. The molecule has 29 heavy (non-hydrogen) atoms. The van der Waals surface area contributed by atoms with Crippen LogP contribution in [-0.4, -0.2) is 34.3 Å². The summed E-state index contributed by atoms with van der Waals surface area (Å²) in [5.41, 5.74) is 2.23. The van der Waals surface area contributed by atoms with Crippen LogP contribution in [0.1, 0.15) is 37.2 Å². The van der Waals surface area contributed by atoms with Crippen LogP contribution >= 0.6 is 0 Å². The van der Waals surface area contributed by atoms with Crippen LogP contribution in [-0.2, 0) is 13.1 Å². The van der Waals surface area contributed by atoms with E-state index in [4.69, 9.17) is 9.15 Å². The molecule has 3 aromatic rings. The summed E-state index contributed by atoms with van der Waals surface area (Å²) in [6, 6.07) is 9.84. The summed E-state index contributed by atoms with van der Waals surface area (Å²) in [4.78, 5) is 9.12. The number of ether oxygens (including phenoxy) is 1. The molecule has 2 aromatic heterocycles. The highest BCUT2D eigenvalue weighted by Crippen LogP contribution is 2.21. The van der Waals surface area contributed by atoms with E-state index in [9.17, 15) is 0 Å². The first-order valence-electron chi connectivity index (χ1n) is 9.89. The number of nitrogens with zero attached hydrogens (tertiary/aromatic N) is 3. The molecule has 0 aliphatic rings. The van der Waals surface area contributed by atoms with Gasteiger partial charge in [0.2, 0.25) is 5.82 Å². The number of hydrogen-bond acceptors (Lipinski definition) is 5. The first-order valence-corrected chi connectivity index (χ1v) is 9.89. The maximum Gasteiger partial charge on any atom is 0.216 e. The lowest BCUT2D eigenvalue weighted by Gasteiger charge is -2.13. The second kappa shape index (κ2) is 10.3. The molecule has 8 nitrogen and oxygen atoms in total. The van der Waals surface area contributed by atoms with Gasteiger partial charge in [-0.25, -0.2) is 9.98 Å². The Morgan fingerprint density at radius 2 is 2.14 bits per heavy atom. The maximum absolute atomic E-state index is 5.88. The first-order chi connectivity index (χ1) is 14.2. The Bertz CT molecular complexity index is 917. The SMILES string of the molecule is CCCOc1cc(C)ccc1CN=C(NCC)NCc1nc(-c2ccco2)n[nH]1. The number of aryl methyl sites for hydroxylation is 1. The Balaban J connectivity index is 1.64. The van der Waals surface area contributed by atoms with E-state index in [0.717, 1.165) is 24.3 Å². The maximum atomic E-state index is 5.88. The molecule has 0 fully saturated rings. The van der Waals surface area contributed by atoms with Gasteiger partial charge in [-0.1, -0.05) is 19.1 Å². The molecule has 0 saturated carbocycles. The Hall–Kier alpha value is -3.29. The molecule has 3 N–H and O–H groups in total. The van der Waals surface area contributed by atoms with Crippen LogP contribution in [0.4, 0.5) is 0 Å². The summed E-state index contributed by atoms with van der Waals surface area (Å²) in [7, 11) is 0. The molecule has 0 spiro atoms. The van der Waals surface area contributed by atoms with Crippen molar-refractivity contribution >= 4 is 5.96 Å². The molecule has 0 atom stereocenters. The zero-order valence-corrected chi connectivity index (χ0v) is 17.2. The lowest BCUT2D eigenvalue weighted by atomic mass is 10.1. The van der Waals surface area contributed by atoms with Crippen molar-refractivity contribution in [3.8, 4) is 17.3 Å². The molecule has 0 amide bonds. The Morgan fingerprint density at radius 1 is 1.24 bits per heavy atom. The quantitative estimate of drug-likeness (QED) is 0.378. The molecule has 154 valence electrons. The van der Waals surface area contributed by atoms with Crippen LogP contribution in [0.15, 0.2) is 46.0 Å². The molecular weight excluding hydrogens is 368 g/mol. The standard InChI is InChI=1S/C21H28N6O2/c1-4-10-28-18-12-15(3)8-9-16(18)13-23-21(22-5-2)24-14-19-25-20(27-26-19)17-7-6-11-29-17/h6-9,11-12H,4-5,10,13-14H2,1-3H3,(H2,22,23,24)(H,25,26,27).